The van der Waals surface area contributed by atoms with Gasteiger partial charge in [-0.05, 0) is 33.6 Å². The van der Waals surface area contributed by atoms with Crippen molar-refractivity contribution in [3.63, 3.8) is 0 Å². The Kier molecular flexibility index (Phi) is 6.02. The van der Waals surface area contributed by atoms with Crippen molar-refractivity contribution in [3.8, 4) is 5.75 Å². The number of carbonyl (C=O) groups excluding carboxylic acids is 1. The van der Waals surface area contributed by atoms with Gasteiger partial charge in [0.1, 0.15) is 5.75 Å². The fourth-order valence-corrected chi connectivity index (χ4v) is 3.57. The second-order valence-electron chi connectivity index (χ2n) is 4.43. The average Bonchev–Trinajstić information content (AvgIpc) is 2.53. The van der Waals surface area contributed by atoms with Crippen molar-refractivity contribution in [1.29, 1.82) is 0 Å². The second kappa shape index (κ2) is 7.56. The predicted octanol–water partition coefficient (Wildman–Crippen LogP) is 5.54. The maximum atomic E-state index is 12.5. The normalized spacial score (nSPS) is 13.5. The van der Waals surface area contributed by atoms with Gasteiger partial charge in [-0.1, -0.05) is 68.3 Å². The molecule has 2 nitrogen and oxygen atoms in total. The van der Waals surface area contributed by atoms with Gasteiger partial charge in [0.05, 0.1) is 21.2 Å². The summed E-state index contributed by atoms with van der Waals surface area (Å²) in [5, 5.41) is 0. The molecule has 110 valence electrons. The van der Waals surface area contributed by atoms with Crippen LogP contribution < -0.4 is 4.74 Å². The van der Waals surface area contributed by atoms with Crippen LogP contribution in [0.3, 0.4) is 0 Å². The SMILES string of the molecule is COc1ccc([C@@H](Br)[C@@H](Br)C(=O)c2ccccc2)cc1Br. The van der Waals surface area contributed by atoms with Gasteiger partial charge in [-0.2, -0.15) is 0 Å². The number of Topliss-reactive ketones (excluding diaryl/α,β-unsaturated/α-hetero) is 1. The van der Waals surface area contributed by atoms with Crippen molar-refractivity contribution in [2.75, 3.05) is 7.11 Å². The first kappa shape index (κ1) is 16.7. The van der Waals surface area contributed by atoms with Crippen LogP contribution in [0.5, 0.6) is 5.75 Å². The molecule has 2 aromatic carbocycles. The number of hydrogen-bond donors (Lipinski definition) is 0. The summed E-state index contributed by atoms with van der Waals surface area (Å²) >= 11 is 10.6. The molecule has 0 aliphatic rings. The molecule has 0 bridgehead atoms. The van der Waals surface area contributed by atoms with Gasteiger partial charge in [-0.3, -0.25) is 4.79 Å². The monoisotopic (exact) mass is 474 g/mol. The van der Waals surface area contributed by atoms with Gasteiger partial charge >= 0.3 is 0 Å². The highest BCUT2D eigenvalue weighted by Crippen LogP contribution is 2.36. The second-order valence-corrected chi connectivity index (χ2v) is 7.26. The maximum absolute atomic E-state index is 12.5. The molecule has 0 spiro atoms. The fourth-order valence-electron chi connectivity index (χ4n) is 1.92. The van der Waals surface area contributed by atoms with Gasteiger partial charge in [0.25, 0.3) is 0 Å². The van der Waals surface area contributed by atoms with Crippen molar-refractivity contribution >= 4 is 53.6 Å². The average molecular weight is 477 g/mol. The minimum absolute atomic E-state index is 0.0458. The molecule has 0 aliphatic carbocycles. The van der Waals surface area contributed by atoms with E-state index in [-0.39, 0.29) is 15.4 Å². The smallest absolute Gasteiger partial charge is 0.177 e. The lowest BCUT2D eigenvalue weighted by molar-refractivity contribution is 0.0991. The Labute approximate surface area is 149 Å². The largest absolute Gasteiger partial charge is 0.496 e. The molecule has 5 heteroatoms. The number of ketones is 1. The van der Waals surface area contributed by atoms with Crippen LogP contribution in [0.2, 0.25) is 0 Å². The van der Waals surface area contributed by atoms with Crippen molar-refractivity contribution in [2.24, 2.45) is 0 Å². The molecule has 0 saturated heterocycles. The molecule has 2 rings (SSSR count). The van der Waals surface area contributed by atoms with Crippen LogP contribution in [-0.2, 0) is 0 Å². The van der Waals surface area contributed by atoms with Crippen molar-refractivity contribution in [2.45, 2.75) is 9.65 Å². The molecule has 0 saturated carbocycles. The molecular weight excluding hydrogens is 464 g/mol. The van der Waals surface area contributed by atoms with Gasteiger partial charge in [-0.25, -0.2) is 0 Å². The molecule has 21 heavy (non-hydrogen) atoms. The number of ether oxygens (including phenoxy) is 1. The number of hydrogen-bond acceptors (Lipinski definition) is 2. The number of alkyl halides is 2. The summed E-state index contributed by atoms with van der Waals surface area (Å²) in [6.07, 6.45) is 0. The van der Waals surface area contributed by atoms with Crippen molar-refractivity contribution in [3.05, 3.63) is 64.1 Å². The first-order valence-electron chi connectivity index (χ1n) is 6.25. The van der Waals surface area contributed by atoms with Crippen LogP contribution in [0.25, 0.3) is 0 Å². The quantitative estimate of drug-likeness (QED) is 0.418. The molecule has 2 aromatic rings. The Bertz CT molecular complexity index is 629. The Morgan fingerprint density at radius 1 is 1.10 bits per heavy atom. The molecule has 0 amide bonds. The van der Waals surface area contributed by atoms with E-state index in [1.165, 1.54) is 0 Å². The third-order valence-corrected chi connectivity index (χ3v) is 6.39. The number of methoxy groups -OCH3 is 1. The van der Waals surface area contributed by atoms with Crippen LogP contribution in [-0.4, -0.2) is 17.7 Å². The third-order valence-electron chi connectivity index (χ3n) is 3.06. The van der Waals surface area contributed by atoms with E-state index in [0.717, 1.165) is 15.8 Å². The van der Waals surface area contributed by atoms with E-state index in [2.05, 4.69) is 47.8 Å². The van der Waals surface area contributed by atoms with Crippen molar-refractivity contribution in [1.82, 2.24) is 0 Å². The van der Waals surface area contributed by atoms with Gasteiger partial charge < -0.3 is 4.74 Å². The molecular formula is C16H13Br3O2. The van der Waals surface area contributed by atoms with Gasteiger partial charge in [-0.15, -0.1) is 0 Å². The summed E-state index contributed by atoms with van der Waals surface area (Å²) in [6.45, 7) is 0. The number of halogens is 3. The summed E-state index contributed by atoms with van der Waals surface area (Å²) in [4.78, 5) is 12.0. The first-order chi connectivity index (χ1) is 10.0. The fraction of sp³-hybridized carbons (Fsp3) is 0.188. The van der Waals surface area contributed by atoms with E-state index in [4.69, 9.17) is 4.74 Å². The highest BCUT2D eigenvalue weighted by molar-refractivity contribution is 9.12. The molecule has 0 aromatic heterocycles. The van der Waals surface area contributed by atoms with Gasteiger partial charge in [0.15, 0.2) is 5.78 Å². The maximum Gasteiger partial charge on any atom is 0.177 e. The van der Waals surface area contributed by atoms with E-state index in [1.54, 1.807) is 7.11 Å². The minimum atomic E-state index is -0.347. The molecule has 2 atom stereocenters. The molecule has 0 heterocycles. The van der Waals surface area contributed by atoms with Crippen LogP contribution >= 0.6 is 47.8 Å². The number of carbonyl (C=O) groups is 1. The van der Waals surface area contributed by atoms with E-state index in [0.29, 0.717) is 5.56 Å². The lowest BCUT2D eigenvalue weighted by Crippen LogP contribution is -2.19. The van der Waals surface area contributed by atoms with E-state index in [9.17, 15) is 4.79 Å². The van der Waals surface area contributed by atoms with E-state index >= 15 is 0 Å². The van der Waals surface area contributed by atoms with Crippen LogP contribution in [0.1, 0.15) is 20.7 Å². The molecule has 0 N–H and O–H groups in total. The Morgan fingerprint density at radius 2 is 1.76 bits per heavy atom. The number of benzene rings is 2. The Balaban J connectivity index is 2.21. The lowest BCUT2D eigenvalue weighted by atomic mass is 10.0. The lowest BCUT2D eigenvalue weighted by Gasteiger charge is -2.17. The van der Waals surface area contributed by atoms with Crippen molar-refractivity contribution < 1.29 is 9.53 Å². The highest BCUT2D eigenvalue weighted by atomic mass is 79.9. The van der Waals surface area contributed by atoms with E-state index < -0.39 is 0 Å². The zero-order valence-electron chi connectivity index (χ0n) is 11.2. The topological polar surface area (TPSA) is 26.3 Å². The zero-order valence-corrected chi connectivity index (χ0v) is 16.0. The molecule has 0 unspecified atom stereocenters. The van der Waals surface area contributed by atoms with Gasteiger partial charge in [0, 0.05) is 5.56 Å². The summed E-state index contributed by atoms with van der Waals surface area (Å²) in [5.41, 5.74) is 1.69. The Morgan fingerprint density at radius 3 is 2.33 bits per heavy atom. The van der Waals surface area contributed by atoms with Crippen LogP contribution in [0, 0.1) is 0 Å². The Hall–Kier alpha value is -0.650. The first-order valence-corrected chi connectivity index (χ1v) is 8.88. The summed E-state index contributed by atoms with van der Waals surface area (Å²) in [7, 11) is 1.62. The van der Waals surface area contributed by atoms with Crippen LogP contribution in [0.4, 0.5) is 0 Å². The summed E-state index contributed by atoms with van der Waals surface area (Å²) in [5.74, 6) is 0.809. The zero-order chi connectivity index (χ0) is 15.4. The third kappa shape index (κ3) is 3.96. The standard InChI is InChI=1S/C16H13Br3O2/c1-21-13-8-7-11(9-12(13)17)14(18)15(19)16(20)10-5-3-2-4-6-10/h2-9,14-15H,1H3/t14-,15-/m1/s1. The molecule has 0 fully saturated rings. The van der Waals surface area contributed by atoms with E-state index in [1.807, 2.05) is 48.5 Å². The summed E-state index contributed by atoms with van der Waals surface area (Å²) in [6, 6.07) is 15.0. The summed E-state index contributed by atoms with van der Waals surface area (Å²) < 4.78 is 6.08. The predicted molar refractivity (Wildman–Crippen MR) is 95.8 cm³/mol. The highest BCUT2D eigenvalue weighted by Gasteiger charge is 2.26. The van der Waals surface area contributed by atoms with Gasteiger partial charge in [0.2, 0.25) is 0 Å². The minimum Gasteiger partial charge on any atom is -0.496 e. The molecule has 0 radical (unpaired) electrons. The molecule has 0 aliphatic heterocycles. The number of rotatable bonds is 5. The van der Waals surface area contributed by atoms with Crippen LogP contribution in [0.15, 0.2) is 53.0 Å².